The molecule has 0 saturated carbocycles. The maximum Gasteiger partial charge on any atom is 0.405 e. The van der Waals surface area contributed by atoms with Gasteiger partial charge in [-0.15, -0.1) is 0 Å². The largest absolute Gasteiger partial charge is 0.595 e. The fourth-order valence-electron chi connectivity index (χ4n) is 1.69. The molecule has 0 aromatic heterocycles. The molecule has 1 unspecified atom stereocenters. The Labute approximate surface area is 128 Å². The molecule has 122 valence electrons. The number of quaternary nitrogens is 1. The van der Waals surface area contributed by atoms with Gasteiger partial charge in [-0.25, -0.2) is 13.6 Å². The molecule has 0 aliphatic carbocycles. The summed E-state index contributed by atoms with van der Waals surface area (Å²) in [7, 11) is -3.82. The number of ether oxygens (including phenoxy) is 2. The van der Waals surface area contributed by atoms with Crippen LogP contribution in [0.25, 0.3) is 0 Å². The van der Waals surface area contributed by atoms with Gasteiger partial charge in [-0.3, -0.25) is 0 Å². The lowest BCUT2D eigenvalue weighted by atomic mass is 9.93. The van der Waals surface area contributed by atoms with Crippen molar-refractivity contribution >= 4 is 21.8 Å². The SMILES string of the molecule is CC1(C)OC(Oc2ccc([NH+]([O-])O)cc2)=NS(=O)(=O)C1(C)C. The van der Waals surface area contributed by atoms with Crippen LogP contribution in [0.1, 0.15) is 27.7 Å². The summed E-state index contributed by atoms with van der Waals surface area (Å²) in [6, 6.07) is 5.47. The van der Waals surface area contributed by atoms with E-state index in [2.05, 4.69) is 4.40 Å². The smallest absolute Gasteiger partial charge is 0.405 e. The normalized spacial score (nSPS) is 23.1. The van der Waals surface area contributed by atoms with E-state index < -0.39 is 25.6 Å². The van der Waals surface area contributed by atoms with Crippen molar-refractivity contribution in [2.75, 3.05) is 0 Å². The second-order valence-corrected chi connectivity index (χ2v) is 8.04. The first-order valence-electron chi connectivity index (χ1n) is 6.51. The van der Waals surface area contributed by atoms with Gasteiger partial charge in [-0.05, 0) is 39.8 Å². The Morgan fingerprint density at radius 2 is 1.77 bits per heavy atom. The van der Waals surface area contributed by atoms with E-state index in [1.807, 2.05) is 0 Å². The highest BCUT2D eigenvalue weighted by molar-refractivity contribution is 7.91. The Bertz CT molecular complexity index is 692. The van der Waals surface area contributed by atoms with Gasteiger partial charge < -0.3 is 14.7 Å². The molecule has 0 saturated heterocycles. The van der Waals surface area contributed by atoms with Crippen molar-refractivity contribution in [3.05, 3.63) is 29.5 Å². The summed E-state index contributed by atoms with van der Waals surface area (Å²) in [4.78, 5) is 0. The minimum atomic E-state index is -3.82. The number of hydrogen-bond donors (Lipinski definition) is 2. The second-order valence-electron chi connectivity index (χ2n) is 5.89. The first-order valence-corrected chi connectivity index (χ1v) is 7.95. The van der Waals surface area contributed by atoms with Gasteiger partial charge in [0.2, 0.25) is 0 Å². The summed E-state index contributed by atoms with van der Waals surface area (Å²) in [5.74, 6) is 0.231. The summed E-state index contributed by atoms with van der Waals surface area (Å²) in [5, 5.41) is 18.5. The summed E-state index contributed by atoms with van der Waals surface area (Å²) in [6.45, 7) is 6.33. The van der Waals surface area contributed by atoms with Crippen LogP contribution in [-0.2, 0) is 14.8 Å². The highest BCUT2D eigenvalue weighted by Crippen LogP contribution is 2.38. The number of rotatable bonds is 2. The Kier molecular flexibility index (Phi) is 3.94. The minimum absolute atomic E-state index is 0.0907. The van der Waals surface area contributed by atoms with Crippen LogP contribution < -0.4 is 9.96 Å². The maximum atomic E-state index is 12.2. The Balaban J connectivity index is 2.29. The Morgan fingerprint density at radius 1 is 1.23 bits per heavy atom. The van der Waals surface area contributed by atoms with E-state index in [9.17, 15) is 13.6 Å². The molecule has 1 heterocycles. The molecule has 0 spiro atoms. The van der Waals surface area contributed by atoms with Gasteiger partial charge in [-0.2, -0.15) is 5.23 Å². The van der Waals surface area contributed by atoms with Crippen LogP contribution in [0.4, 0.5) is 5.69 Å². The quantitative estimate of drug-likeness (QED) is 0.774. The zero-order chi connectivity index (χ0) is 16.8. The second kappa shape index (κ2) is 5.20. The van der Waals surface area contributed by atoms with Gasteiger partial charge in [0, 0.05) is 12.1 Å². The highest BCUT2D eigenvalue weighted by Gasteiger charge is 2.54. The van der Waals surface area contributed by atoms with Gasteiger partial charge in [0.05, 0.1) is 0 Å². The average Bonchev–Trinajstić information content (AvgIpc) is 2.36. The fraction of sp³-hybridized carbons (Fsp3) is 0.462. The lowest BCUT2D eigenvalue weighted by molar-refractivity contribution is -0.991. The van der Waals surface area contributed by atoms with Crippen molar-refractivity contribution in [2.45, 2.75) is 38.0 Å². The zero-order valence-corrected chi connectivity index (χ0v) is 13.5. The molecule has 1 aliphatic heterocycles. The molecular weight excluding hydrogens is 312 g/mol. The molecule has 0 radical (unpaired) electrons. The highest BCUT2D eigenvalue weighted by atomic mass is 32.2. The van der Waals surface area contributed by atoms with Gasteiger partial charge in [0.1, 0.15) is 16.1 Å². The third-order valence-electron chi connectivity index (χ3n) is 3.94. The van der Waals surface area contributed by atoms with Gasteiger partial charge >= 0.3 is 6.08 Å². The van der Waals surface area contributed by atoms with Crippen LogP contribution in [0.3, 0.4) is 0 Å². The summed E-state index contributed by atoms with van der Waals surface area (Å²) < 4.78 is 37.7. The molecule has 22 heavy (non-hydrogen) atoms. The van der Waals surface area contributed by atoms with E-state index in [-0.39, 0.29) is 17.5 Å². The van der Waals surface area contributed by atoms with Crippen molar-refractivity contribution in [3.63, 3.8) is 0 Å². The molecule has 1 aromatic rings. The van der Waals surface area contributed by atoms with Gasteiger partial charge in [0.15, 0.2) is 5.69 Å². The lowest BCUT2D eigenvalue weighted by Gasteiger charge is -2.41. The van der Waals surface area contributed by atoms with Crippen molar-refractivity contribution in [3.8, 4) is 5.75 Å². The van der Waals surface area contributed by atoms with Gasteiger partial charge in [-0.1, -0.05) is 4.40 Å². The number of hydrogen-bond acceptors (Lipinski definition) is 6. The molecular formula is C13H18N2O6S. The molecule has 1 aliphatic rings. The maximum absolute atomic E-state index is 12.2. The first kappa shape index (κ1) is 16.7. The van der Waals surface area contributed by atoms with Crippen molar-refractivity contribution < 1.29 is 28.3 Å². The van der Waals surface area contributed by atoms with Crippen molar-refractivity contribution in [2.24, 2.45) is 4.40 Å². The lowest BCUT2D eigenvalue weighted by Crippen LogP contribution is -2.99. The predicted octanol–water partition coefficient (Wildman–Crippen LogP) is 0.742. The van der Waals surface area contributed by atoms with E-state index in [4.69, 9.17) is 14.7 Å². The molecule has 2 N–H and O–H groups in total. The van der Waals surface area contributed by atoms with E-state index in [0.29, 0.717) is 0 Å². The van der Waals surface area contributed by atoms with Crippen molar-refractivity contribution in [1.82, 2.24) is 0 Å². The summed E-state index contributed by atoms with van der Waals surface area (Å²) in [5.41, 5.74) is -0.947. The third kappa shape index (κ3) is 2.80. The summed E-state index contributed by atoms with van der Waals surface area (Å²) >= 11 is 0. The standard InChI is InChI=1S/C13H18N2O6S/c1-12(2)13(3,4)22(18,19)14-11(21-12)20-10-7-5-9(6-8-10)15(16)17/h5-8,15-16H,1-4H3. The van der Waals surface area contributed by atoms with Crippen LogP contribution in [0, 0.1) is 5.21 Å². The molecule has 1 atom stereocenters. The average molecular weight is 330 g/mol. The number of benzene rings is 1. The van der Waals surface area contributed by atoms with Gasteiger partial charge in [0.25, 0.3) is 10.0 Å². The van der Waals surface area contributed by atoms with Crippen LogP contribution in [0.2, 0.25) is 0 Å². The first-order chi connectivity index (χ1) is 9.96. The Morgan fingerprint density at radius 3 is 2.23 bits per heavy atom. The molecule has 0 fully saturated rings. The Hall–Kier alpha value is -1.68. The van der Waals surface area contributed by atoms with E-state index in [1.54, 1.807) is 13.8 Å². The molecule has 9 heteroatoms. The third-order valence-corrected chi connectivity index (χ3v) is 6.11. The van der Waals surface area contributed by atoms with Crippen LogP contribution in [0.15, 0.2) is 28.7 Å². The zero-order valence-electron chi connectivity index (χ0n) is 12.7. The number of nitrogens with zero attached hydrogens (tertiary/aromatic N) is 1. The van der Waals surface area contributed by atoms with E-state index in [1.165, 1.54) is 38.1 Å². The van der Waals surface area contributed by atoms with Crippen molar-refractivity contribution in [1.29, 1.82) is 0 Å². The molecule has 8 nitrogen and oxygen atoms in total. The number of sulfonamides is 1. The predicted molar refractivity (Wildman–Crippen MR) is 78.4 cm³/mol. The van der Waals surface area contributed by atoms with E-state index in [0.717, 1.165) is 0 Å². The molecule has 0 amide bonds. The van der Waals surface area contributed by atoms with Crippen LogP contribution >= 0.6 is 0 Å². The van der Waals surface area contributed by atoms with E-state index >= 15 is 0 Å². The van der Waals surface area contributed by atoms with Crippen LogP contribution in [0.5, 0.6) is 5.75 Å². The van der Waals surface area contributed by atoms with Crippen LogP contribution in [-0.4, -0.2) is 30.1 Å². The molecule has 2 rings (SSSR count). The summed E-state index contributed by atoms with van der Waals surface area (Å²) in [6.07, 6.45) is -0.382. The fourth-order valence-corrected chi connectivity index (χ4v) is 2.85. The number of nitrogens with one attached hydrogen (secondary N) is 1. The topological polar surface area (TPSA) is 113 Å². The monoisotopic (exact) mass is 330 g/mol. The molecule has 1 aromatic carbocycles. The minimum Gasteiger partial charge on any atom is -0.595 e. The molecule has 0 bridgehead atoms.